The van der Waals surface area contributed by atoms with E-state index in [2.05, 4.69) is 15.9 Å². The van der Waals surface area contributed by atoms with E-state index in [1.54, 1.807) is 25.2 Å². The molecule has 2 aromatic carbocycles. The lowest BCUT2D eigenvalue weighted by Gasteiger charge is -2.18. The summed E-state index contributed by atoms with van der Waals surface area (Å²) in [7, 11) is 1.68. The number of esters is 1. The van der Waals surface area contributed by atoms with Gasteiger partial charge in [0.2, 0.25) is 0 Å². The molecule has 0 aliphatic heterocycles. The average molecular weight is 391 g/mol. The Morgan fingerprint density at radius 1 is 1.21 bits per heavy atom. The molecule has 0 radical (unpaired) electrons. The van der Waals surface area contributed by atoms with Gasteiger partial charge in [-0.1, -0.05) is 40.2 Å². The van der Waals surface area contributed by atoms with Gasteiger partial charge in [-0.05, 0) is 36.2 Å². The summed E-state index contributed by atoms with van der Waals surface area (Å²) in [6.45, 7) is 2.12. The van der Waals surface area contributed by atoms with E-state index in [0.717, 1.165) is 11.1 Å². The van der Waals surface area contributed by atoms with Crippen molar-refractivity contribution < 1.29 is 14.3 Å². The molecule has 2 N–H and O–H groups in total. The standard InChI is InChI=1S/C18H19BrN2O3/c1-12-5-3-4-6-13(12)10-21(2)17(22)11-24-18(23)15-9-14(19)7-8-16(15)20/h3-9H,10-11,20H2,1-2H3. The van der Waals surface area contributed by atoms with Crippen LogP contribution >= 0.6 is 15.9 Å². The van der Waals surface area contributed by atoms with Gasteiger partial charge < -0.3 is 15.4 Å². The van der Waals surface area contributed by atoms with Crippen LogP contribution in [0, 0.1) is 6.92 Å². The van der Waals surface area contributed by atoms with E-state index in [0.29, 0.717) is 16.7 Å². The molecule has 2 rings (SSSR count). The molecule has 24 heavy (non-hydrogen) atoms. The summed E-state index contributed by atoms with van der Waals surface area (Å²) in [6.07, 6.45) is 0. The molecule has 0 saturated carbocycles. The summed E-state index contributed by atoms with van der Waals surface area (Å²) in [5, 5.41) is 0. The summed E-state index contributed by atoms with van der Waals surface area (Å²) in [5.41, 5.74) is 8.46. The van der Waals surface area contributed by atoms with Gasteiger partial charge in [0.25, 0.3) is 5.91 Å². The summed E-state index contributed by atoms with van der Waals surface area (Å²) < 4.78 is 5.80. The molecule has 0 heterocycles. The minimum Gasteiger partial charge on any atom is -0.452 e. The van der Waals surface area contributed by atoms with E-state index < -0.39 is 5.97 Å². The molecule has 2 aromatic rings. The molecule has 6 heteroatoms. The molecule has 0 bridgehead atoms. The fourth-order valence-corrected chi connectivity index (χ4v) is 2.51. The van der Waals surface area contributed by atoms with Gasteiger partial charge >= 0.3 is 5.97 Å². The molecular formula is C18H19BrN2O3. The van der Waals surface area contributed by atoms with Crippen LogP contribution in [0.5, 0.6) is 0 Å². The van der Waals surface area contributed by atoms with Crippen LogP contribution in [0.2, 0.25) is 0 Å². The largest absolute Gasteiger partial charge is 0.452 e. The number of anilines is 1. The second kappa shape index (κ2) is 7.97. The van der Waals surface area contributed by atoms with Crippen molar-refractivity contribution in [3.8, 4) is 0 Å². The topological polar surface area (TPSA) is 72.6 Å². The first kappa shape index (κ1) is 18.0. The number of carbonyl (C=O) groups is 2. The normalized spacial score (nSPS) is 10.3. The molecular weight excluding hydrogens is 372 g/mol. The highest BCUT2D eigenvalue weighted by atomic mass is 79.9. The zero-order valence-electron chi connectivity index (χ0n) is 13.6. The number of halogens is 1. The van der Waals surface area contributed by atoms with E-state index in [1.165, 1.54) is 4.90 Å². The molecule has 0 atom stereocenters. The van der Waals surface area contributed by atoms with Crippen LogP contribution in [-0.4, -0.2) is 30.4 Å². The first-order chi connectivity index (χ1) is 11.4. The summed E-state index contributed by atoms with van der Waals surface area (Å²) >= 11 is 3.27. The number of nitrogens with zero attached hydrogens (tertiary/aromatic N) is 1. The smallest absolute Gasteiger partial charge is 0.340 e. The van der Waals surface area contributed by atoms with Gasteiger partial charge in [0.15, 0.2) is 6.61 Å². The molecule has 0 aromatic heterocycles. The van der Waals surface area contributed by atoms with Crippen molar-refractivity contribution in [3.63, 3.8) is 0 Å². The Kier molecular flexibility index (Phi) is 5.98. The predicted octanol–water partition coefficient (Wildman–Crippen LogP) is 3.16. The van der Waals surface area contributed by atoms with Crippen LogP contribution in [0.15, 0.2) is 46.9 Å². The number of hydrogen-bond acceptors (Lipinski definition) is 4. The van der Waals surface area contributed by atoms with Crippen molar-refractivity contribution in [3.05, 3.63) is 63.6 Å². The highest BCUT2D eigenvalue weighted by Gasteiger charge is 2.16. The molecule has 126 valence electrons. The van der Waals surface area contributed by atoms with Crippen LogP contribution in [0.25, 0.3) is 0 Å². The summed E-state index contributed by atoms with van der Waals surface area (Å²) in [4.78, 5) is 25.7. The number of ether oxygens (including phenoxy) is 1. The minimum atomic E-state index is -0.619. The maximum atomic E-state index is 12.2. The number of rotatable bonds is 5. The van der Waals surface area contributed by atoms with E-state index >= 15 is 0 Å². The van der Waals surface area contributed by atoms with Gasteiger partial charge in [0.1, 0.15) is 0 Å². The molecule has 1 amide bonds. The van der Waals surface area contributed by atoms with Crippen molar-refractivity contribution in [2.45, 2.75) is 13.5 Å². The SMILES string of the molecule is Cc1ccccc1CN(C)C(=O)COC(=O)c1cc(Br)ccc1N. The zero-order valence-corrected chi connectivity index (χ0v) is 15.2. The monoisotopic (exact) mass is 390 g/mol. The van der Waals surface area contributed by atoms with Crippen LogP contribution in [0.1, 0.15) is 21.5 Å². The van der Waals surface area contributed by atoms with Crippen molar-refractivity contribution in [2.24, 2.45) is 0 Å². The Labute approximate surface area is 149 Å². The van der Waals surface area contributed by atoms with Gasteiger partial charge in [-0.25, -0.2) is 4.79 Å². The molecule has 0 fully saturated rings. The number of amides is 1. The minimum absolute atomic E-state index is 0.235. The lowest BCUT2D eigenvalue weighted by atomic mass is 10.1. The van der Waals surface area contributed by atoms with Gasteiger partial charge in [0.05, 0.1) is 5.56 Å². The number of likely N-dealkylation sites (N-methyl/N-ethyl adjacent to an activating group) is 1. The number of carbonyl (C=O) groups excluding carboxylic acids is 2. The first-order valence-electron chi connectivity index (χ1n) is 7.39. The van der Waals surface area contributed by atoms with Crippen molar-refractivity contribution >= 4 is 33.5 Å². The summed E-state index contributed by atoms with van der Waals surface area (Å²) in [6, 6.07) is 12.7. The Morgan fingerprint density at radius 2 is 1.92 bits per heavy atom. The lowest BCUT2D eigenvalue weighted by Crippen LogP contribution is -2.31. The number of benzene rings is 2. The Bertz CT molecular complexity index is 762. The van der Waals surface area contributed by atoms with Crippen LogP contribution in [-0.2, 0) is 16.1 Å². The molecule has 0 aliphatic carbocycles. The Morgan fingerprint density at radius 3 is 2.62 bits per heavy atom. The summed E-state index contributed by atoms with van der Waals surface area (Å²) in [5.74, 6) is -0.897. The van der Waals surface area contributed by atoms with E-state index in [9.17, 15) is 9.59 Å². The highest BCUT2D eigenvalue weighted by molar-refractivity contribution is 9.10. The van der Waals surface area contributed by atoms with Crippen molar-refractivity contribution in [2.75, 3.05) is 19.4 Å². The zero-order chi connectivity index (χ0) is 17.7. The third kappa shape index (κ3) is 4.58. The van der Waals surface area contributed by atoms with E-state index in [1.807, 2.05) is 31.2 Å². The number of aryl methyl sites for hydroxylation is 1. The van der Waals surface area contributed by atoms with Crippen molar-refractivity contribution in [1.82, 2.24) is 4.90 Å². The number of hydrogen-bond donors (Lipinski definition) is 1. The van der Waals surface area contributed by atoms with E-state index in [-0.39, 0.29) is 18.1 Å². The van der Waals surface area contributed by atoms with Crippen LogP contribution in [0.3, 0.4) is 0 Å². The lowest BCUT2D eigenvalue weighted by molar-refractivity contribution is -0.133. The van der Waals surface area contributed by atoms with Gasteiger partial charge in [-0.2, -0.15) is 0 Å². The number of nitrogen functional groups attached to an aromatic ring is 1. The fourth-order valence-electron chi connectivity index (χ4n) is 2.15. The quantitative estimate of drug-likeness (QED) is 0.628. The van der Waals surface area contributed by atoms with Crippen LogP contribution < -0.4 is 5.73 Å². The van der Waals surface area contributed by atoms with E-state index in [4.69, 9.17) is 10.5 Å². The molecule has 0 spiro atoms. The maximum Gasteiger partial charge on any atom is 0.340 e. The second-order valence-electron chi connectivity index (χ2n) is 5.48. The molecule has 0 saturated heterocycles. The Hall–Kier alpha value is -2.34. The average Bonchev–Trinajstić information content (AvgIpc) is 2.56. The molecule has 0 unspecified atom stereocenters. The Balaban J connectivity index is 1.93. The maximum absolute atomic E-state index is 12.2. The fraction of sp³-hybridized carbons (Fsp3) is 0.222. The third-order valence-corrected chi connectivity index (χ3v) is 4.15. The number of nitrogens with two attached hydrogens (primary N) is 1. The second-order valence-corrected chi connectivity index (χ2v) is 6.40. The third-order valence-electron chi connectivity index (χ3n) is 3.66. The molecule has 5 nitrogen and oxygen atoms in total. The van der Waals surface area contributed by atoms with Crippen molar-refractivity contribution in [1.29, 1.82) is 0 Å². The molecule has 0 aliphatic rings. The van der Waals surface area contributed by atoms with Crippen LogP contribution in [0.4, 0.5) is 5.69 Å². The predicted molar refractivity (Wildman–Crippen MR) is 96.5 cm³/mol. The van der Waals surface area contributed by atoms with Gasteiger partial charge in [-0.3, -0.25) is 4.79 Å². The highest BCUT2D eigenvalue weighted by Crippen LogP contribution is 2.19. The first-order valence-corrected chi connectivity index (χ1v) is 8.18. The van der Waals surface area contributed by atoms with Gasteiger partial charge in [-0.15, -0.1) is 0 Å². The van der Waals surface area contributed by atoms with Gasteiger partial charge in [0, 0.05) is 23.8 Å².